The highest BCUT2D eigenvalue weighted by molar-refractivity contribution is 5.32. The highest BCUT2D eigenvalue weighted by Gasteiger charge is 2.37. The summed E-state index contributed by atoms with van der Waals surface area (Å²) in [6, 6.07) is 0. The molecule has 1 fully saturated rings. The molecule has 0 heterocycles. The van der Waals surface area contributed by atoms with Crippen molar-refractivity contribution >= 4 is 0 Å². The summed E-state index contributed by atoms with van der Waals surface area (Å²) in [4.78, 5) is 0. The molecule has 96 valence electrons. The van der Waals surface area contributed by atoms with Crippen LogP contribution in [0.2, 0.25) is 0 Å². The summed E-state index contributed by atoms with van der Waals surface area (Å²) in [6.07, 6.45) is 7.06. The fraction of sp³-hybridized carbons (Fsp3) is 0.733. The van der Waals surface area contributed by atoms with Crippen molar-refractivity contribution in [1.29, 1.82) is 0 Å². The molecule has 3 unspecified atom stereocenters. The van der Waals surface area contributed by atoms with Crippen molar-refractivity contribution in [2.24, 2.45) is 11.8 Å². The first-order valence-corrected chi connectivity index (χ1v) is 6.90. The van der Waals surface area contributed by atoms with Crippen LogP contribution in [0.4, 0.5) is 0 Å². The van der Waals surface area contributed by atoms with Crippen LogP contribution in [0, 0.1) is 11.8 Å². The molecule has 0 aromatic rings. The van der Waals surface area contributed by atoms with Gasteiger partial charge in [0, 0.05) is 11.8 Å². The van der Waals surface area contributed by atoms with Crippen molar-refractivity contribution in [3.8, 4) is 0 Å². The van der Waals surface area contributed by atoms with Crippen LogP contribution in [0.15, 0.2) is 23.8 Å². The molecule has 2 N–H and O–H groups in total. The van der Waals surface area contributed by atoms with Crippen LogP contribution in [0.1, 0.15) is 45.4 Å². The van der Waals surface area contributed by atoms with E-state index in [0.29, 0.717) is 0 Å². The van der Waals surface area contributed by atoms with Gasteiger partial charge < -0.3 is 10.2 Å². The Labute approximate surface area is 104 Å². The molecule has 2 aliphatic carbocycles. The zero-order valence-electron chi connectivity index (χ0n) is 10.7. The van der Waals surface area contributed by atoms with E-state index in [1.54, 1.807) is 0 Å². The third kappa shape index (κ3) is 2.34. The van der Waals surface area contributed by atoms with E-state index in [4.69, 9.17) is 0 Å². The maximum absolute atomic E-state index is 10.2. The minimum Gasteiger partial charge on any atom is -0.393 e. The van der Waals surface area contributed by atoms with Gasteiger partial charge in [0.25, 0.3) is 0 Å². The Hall–Kier alpha value is -0.600. The molecule has 0 aromatic carbocycles. The highest BCUT2D eigenvalue weighted by Crippen LogP contribution is 2.43. The number of allylic oxidation sites excluding steroid dienone is 2. The van der Waals surface area contributed by atoms with Crippen molar-refractivity contribution in [2.45, 2.75) is 57.7 Å². The van der Waals surface area contributed by atoms with E-state index in [2.05, 4.69) is 13.5 Å². The van der Waals surface area contributed by atoms with Gasteiger partial charge in [0.2, 0.25) is 0 Å². The molecular formula is C15H24O2. The van der Waals surface area contributed by atoms with E-state index >= 15 is 0 Å². The summed E-state index contributed by atoms with van der Waals surface area (Å²) in [7, 11) is 0. The van der Waals surface area contributed by atoms with Gasteiger partial charge >= 0.3 is 0 Å². The van der Waals surface area contributed by atoms with Gasteiger partial charge in [-0.3, -0.25) is 0 Å². The van der Waals surface area contributed by atoms with Gasteiger partial charge in [0.05, 0.1) is 12.2 Å². The Kier molecular flexibility index (Phi) is 4.05. The van der Waals surface area contributed by atoms with Gasteiger partial charge in [0.1, 0.15) is 0 Å². The molecule has 0 saturated heterocycles. The lowest BCUT2D eigenvalue weighted by Gasteiger charge is -2.34. The number of hydrogen-bond donors (Lipinski definition) is 2. The minimum absolute atomic E-state index is 0.227. The van der Waals surface area contributed by atoms with Crippen LogP contribution < -0.4 is 0 Å². The third-order valence-corrected chi connectivity index (χ3v) is 4.50. The number of hydrogen-bond acceptors (Lipinski definition) is 2. The molecule has 1 saturated carbocycles. The van der Waals surface area contributed by atoms with E-state index < -0.39 is 0 Å². The summed E-state index contributed by atoms with van der Waals surface area (Å²) >= 11 is 0. The highest BCUT2D eigenvalue weighted by atomic mass is 16.3. The minimum atomic E-state index is -0.289. The lowest BCUT2D eigenvalue weighted by molar-refractivity contribution is 0.0966. The van der Waals surface area contributed by atoms with Crippen LogP contribution >= 0.6 is 0 Å². The fourth-order valence-electron chi connectivity index (χ4n) is 3.63. The molecular weight excluding hydrogens is 212 g/mol. The molecule has 2 aliphatic rings. The van der Waals surface area contributed by atoms with Crippen molar-refractivity contribution in [2.75, 3.05) is 0 Å². The standard InChI is InChI=1S/C15H24O2/c1-3-10-6-5-7-12-14(17)9-8-13(16)11(4-2)15(10)12/h3,11-14,16-17H,1,4-9H2,2H3/t11?,12?,13-,14?/m0/s1. The largest absolute Gasteiger partial charge is 0.393 e. The topological polar surface area (TPSA) is 40.5 Å². The molecule has 17 heavy (non-hydrogen) atoms. The summed E-state index contributed by atoms with van der Waals surface area (Å²) < 4.78 is 0. The first-order valence-electron chi connectivity index (χ1n) is 6.90. The predicted octanol–water partition coefficient (Wildman–Crippen LogP) is 2.81. The van der Waals surface area contributed by atoms with Gasteiger partial charge in [-0.1, -0.05) is 25.2 Å². The SMILES string of the molecule is C=CC1=C2C(CCC1)C(O)CC[C@H](O)C2CC. The quantitative estimate of drug-likeness (QED) is 0.774. The summed E-state index contributed by atoms with van der Waals surface area (Å²) in [5.74, 6) is 0.490. The number of fused-ring (bicyclic) bond motifs is 1. The van der Waals surface area contributed by atoms with Crippen LogP contribution in [0.5, 0.6) is 0 Å². The molecule has 0 radical (unpaired) electrons. The zero-order valence-corrected chi connectivity index (χ0v) is 10.7. The maximum Gasteiger partial charge on any atom is 0.0606 e. The van der Waals surface area contributed by atoms with Crippen molar-refractivity contribution < 1.29 is 10.2 Å². The van der Waals surface area contributed by atoms with E-state index in [1.165, 1.54) is 11.1 Å². The summed E-state index contributed by atoms with van der Waals surface area (Å²) in [6.45, 7) is 6.03. The first-order chi connectivity index (χ1) is 8.19. The van der Waals surface area contributed by atoms with Crippen LogP contribution in [0.3, 0.4) is 0 Å². The molecule has 2 nitrogen and oxygen atoms in total. The molecule has 4 atom stereocenters. The van der Waals surface area contributed by atoms with Crippen molar-refractivity contribution in [3.05, 3.63) is 23.8 Å². The van der Waals surface area contributed by atoms with E-state index in [-0.39, 0.29) is 24.0 Å². The van der Waals surface area contributed by atoms with Gasteiger partial charge in [-0.25, -0.2) is 0 Å². The molecule has 0 amide bonds. The van der Waals surface area contributed by atoms with Crippen molar-refractivity contribution in [3.63, 3.8) is 0 Å². The molecule has 2 heteroatoms. The normalized spacial score (nSPS) is 38.5. The predicted molar refractivity (Wildman–Crippen MR) is 69.6 cm³/mol. The lowest BCUT2D eigenvalue weighted by Crippen LogP contribution is -2.29. The molecule has 0 spiro atoms. The Morgan fingerprint density at radius 2 is 1.94 bits per heavy atom. The van der Waals surface area contributed by atoms with E-state index in [0.717, 1.165) is 38.5 Å². The average molecular weight is 236 g/mol. The van der Waals surface area contributed by atoms with E-state index in [1.807, 2.05) is 6.08 Å². The van der Waals surface area contributed by atoms with Crippen LogP contribution in [-0.4, -0.2) is 22.4 Å². The van der Waals surface area contributed by atoms with Gasteiger partial charge in [-0.2, -0.15) is 0 Å². The fourth-order valence-corrected chi connectivity index (χ4v) is 3.63. The Bertz CT molecular complexity index is 319. The van der Waals surface area contributed by atoms with Crippen molar-refractivity contribution in [1.82, 2.24) is 0 Å². The lowest BCUT2D eigenvalue weighted by atomic mass is 9.73. The number of rotatable bonds is 2. The number of aliphatic hydroxyl groups is 2. The Morgan fingerprint density at radius 1 is 1.24 bits per heavy atom. The maximum atomic E-state index is 10.2. The second-order valence-corrected chi connectivity index (χ2v) is 5.41. The van der Waals surface area contributed by atoms with Gasteiger partial charge in [-0.05, 0) is 44.1 Å². The second-order valence-electron chi connectivity index (χ2n) is 5.41. The Balaban J connectivity index is 2.43. The zero-order chi connectivity index (χ0) is 12.4. The van der Waals surface area contributed by atoms with Gasteiger partial charge in [-0.15, -0.1) is 0 Å². The van der Waals surface area contributed by atoms with E-state index in [9.17, 15) is 10.2 Å². The average Bonchev–Trinajstić information content (AvgIpc) is 2.47. The molecule has 0 bridgehead atoms. The summed E-state index contributed by atoms with van der Waals surface area (Å²) in [5, 5.41) is 20.5. The molecule has 0 aliphatic heterocycles. The first kappa shape index (κ1) is 12.8. The van der Waals surface area contributed by atoms with Gasteiger partial charge in [0.15, 0.2) is 0 Å². The monoisotopic (exact) mass is 236 g/mol. The Morgan fingerprint density at radius 3 is 2.59 bits per heavy atom. The molecule has 2 rings (SSSR count). The second kappa shape index (κ2) is 5.36. The third-order valence-electron chi connectivity index (χ3n) is 4.50. The smallest absolute Gasteiger partial charge is 0.0606 e. The number of aliphatic hydroxyl groups excluding tert-OH is 2. The summed E-state index contributed by atoms with van der Waals surface area (Å²) in [5.41, 5.74) is 2.60. The van der Waals surface area contributed by atoms with Crippen LogP contribution in [0.25, 0.3) is 0 Å². The molecule has 0 aromatic heterocycles. The van der Waals surface area contributed by atoms with Crippen LogP contribution in [-0.2, 0) is 0 Å².